The first-order valence-corrected chi connectivity index (χ1v) is 10.2. The lowest BCUT2D eigenvalue weighted by Gasteiger charge is -2.13. The molecule has 1 amide bonds. The van der Waals surface area contributed by atoms with Crippen LogP contribution in [0.3, 0.4) is 0 Å². The molecule has 1 aromatic carbocycles. The van der Waals surface area contributed by atoms with Crippen LogP contribution in [0.1, 0.15) is 16.8 Å². The van der Waals surface area contributed by atoms with Gasteiger partial charge in [0.1, 0.15) is 6.54 Å². The van der Waals surface area contributed by atoms with Gasteiger partial charge in [-0.1, -0.05) is 29.8 Å². The van der Waals surface area contributed by atoms with Gasteiger partial charge in [-0.05, 0) is 31.5 Å². The molecule has 9 heteroatoms. The Morgan fingerprint density at radius 3 is 2.57 bits per heavy atom. The van der Waals surface area contributed by atoms with Crippen molar-refractivity contribution in [3.63, 3.8) is 0 Å². The maximum absolute atomic E-state index is 13.2. The average molecular weight is 421 g/mol. The molecular formula is C21H19N5O3S. The number of aryl methyl sites for hydroxylation is 2. The van der Waals surface area contributed by atoms with Crippen LogP contribution in [0.25, 0.3) is 11.0 Å². The van der Waals surface area contributed by atoms with Gasteiger partial charge < -0.3 is 5.32 Å². The highest BCUT2D eigenvalue weighted by Gasteiger charge is 2.17. The number of anilines is 1. The van der Waals surface area contributed by atoms with Gasteiger partial charge in [-0.3, -0.25) is 18.7 Å². The molecule has 8 nitrogen and oxygen atoms in total. The summed E-state index contributed by atoms with van der Waals surface area (Å²) in [6.45, 7) is 3.63. The second-order valence-electron chi connectivity index (χ2n) is 6.96. The molecule has 1 N–H and O–H groups in total. The Bertz CT molecular complexity index is 1350. The van der Waals surface area contributed by atoms with E-state index in [-0.39, 0.29) is 18.6 Å². The van der Waals surface area contributed by atoms with E-state index in [0.29, 0.717) is 10.6 Å². The third-order valence-electron chi connectivity index (χ3n) is 4.62. The Labute approximate surface area is 175 Å². The predicted molar refractivity (Wildman–Crippen MR) is 116 cm³/mol. The van der Waals surface area contributed by atoms with Crippen molar-refractivity contribution in [2.45, 2.75) is 26.9 Å². The van der Waals surface area contributed by atoms with Gasteiger partial charge in [0, 0.05) is 11.6 Å². The Morgan fingerprint density at radius 1 is 1.10 bits per heavy atom. The van der Waals surface area contributed by atoms with E-state index in [0.717, 1.165) is 21.4 Å². The zero-order valence-corrected chi connectivity index (χ0v) is 17.3. The Kier molecular flexibility index (Phi) is 5.28. The fourth-order valence-electron chi connectivity index (χ4n) is 3.12. The summed E-state index contributed by atoms with van der Waals surface area (Å²) in [5.74, 6) is -0.405. The smallest absolute Gasteiger partial charge is 0.300 e. The van der Waals surface area contributed by atoms with Gasteiger partial charge in [0.2, 0.25) is 5.91 Å². The lowest BCUT2D eigenvalue weighted by molar-refractivity contribution is -0.116. The quantitative estimate of drug-likeness (QED) is 0.533. The van der Waals surface area contributed by atoms with E-state index in [1.807, 2.05) is 43.5 Å². The molecule has 30 heavy (non-hydrogen) atoms. The van der Waals surface area contributed by atoms with Crippen LogP contribution < -0.4 is 16.6 Å². The number of fused-ring (bicyclic) bond motifs is 1. The fraction of sp³-hybridized carbons (Fsp3) is 0.190. The van der Waals surface area contributed by atoms with E-state index in [1.54, 1.807) is 12.1 Å². The van der Waals surface area contributed by atoms with Crippen molar-refractivity contribution < 1.29 is 4.79 Å². The normalized spacial score (nSPS) is 11.0. The molecule has 0 fully saturated rings. The van der Waals surface area contributed by atoms with E-state index in [2.05, 4.69) is 15.3 Å². The van der Waals surface area contributed by atoms with Crippen LogP contribution in [0.15, 0.2) is 57.6 Å². The summed E-state index contributed by atoms with van der Waals surface area (Å²) in [6, 6.07) is 10.8. The summed E-state index contributed by atoms with van der Waals surface area (Å²) in [6.07, 6.45) is 1.49. The third-order valence-corrected chi connectivity index (χ3v) is 5.49. The lowest BCUT2D eigenvalue weighted by Crippen LogP contribution is -2.42. The molecule has 4 rings (SSSR count). The largest absolute Gasteiger partial charge is 0.332 e. The zero-order valence-electron chi connectivity index (χ0n) is 16.5. The molecule has 0 unspecified atom stereocenters. The molecule has 0 atom stereocenters. The van der Waals surface area contributed by atoms with Crippen LogP contribution in [0.2, 0.25) is 0 Å². The number of carbonyl (C=O) groups excluding carboxylic acids is 1. The molecule has 0 bridgehead atoms. The molecule has 3 aromatic heterocycles. The topological polar surface area (TPSA) is 98.9 Å². The lowest BCUT2D eigenvalue weighted by atomic mass is 10.1. The molecule has 0 aliphatic heterocycles. The molecule has 0 saturated heterocycles. The molecule has 0 saturated carbocycles. The van der Waals surface area contributed by atoms with Gasteiger partial charge in [0.25, 0.3) is 5.56 Å². The number of carbonyl (C=O) groups is 1. The molecule has 4 aromatic rings. The molecular weight excluding hydrogens is 402 g/mol. The summed E-state index contributed by atoms with van der Waals surface area (Å²) in [4.78, 5) is 47.0. The van der Waals surface area contributed by atoms with Crippen molar-refractivity contribution in [1.29, 1.82) is 0 Å². The van der Waals surface area contributed by atoms with E-state index in [1.165, 1.54) is 22.1 Å². The summed E-state index contributed by atoms with van der Waals surface area (Å²) < 4.78 is 2.38. The minimum absolute atomic E-state index is 0.0950. The van der Waals surface area contributed by atoms with E-state index in [4.69, 9.17) is 0 Å². The number of hydrogen-bond acceptors (Lipinski definition) is 6. The van der Waals surface area contributed by atoms with Crippen molar-refractivity contribution in [3.8, 4) is 0 Å². The number of benzene rings is 1. The number of nitrogens with one attached hydrogen (secondary N) is 1. The van der Waals surface area contributed by atoms with Gasteiger partial charge in [-0.25, -0.2) is 14.8 Å². The van der Waals surface area contributed by atoms with Crippen molar-refractivity contribution >= 4 is 33.4 Å². The van der Waals surface area contributed by atoms with Crippen LogP contribution in [0.4, 0.5) is 5.13 Å². The number of aromatic nitrogens is 4. The molecule has 0 aliphatic carbocycles. The van der Waals surface area contributed by atoms with Crippen LogP contribution in [0.5, 0.6) is 0 Å². The minimum atomic E-state index is -0.563. The molecule has 0 radical (unpaired) electrons. The molecule has 0 spiro atoms. The number of pyridine rings is 1. The van der Waals surface area contributed by atoms with E-state index >= 15 is 0 Å². The van der Waals surface area contributed by atoms with Crippen LogP contribution in [0, 0.1) is 13.8 Å². The first kappa shape index (κ1) is 19.7. The van der Waals surface area contributed by atoms with Gasteiger partial charge in [-0.2, -0.15) is 0 Å². The van der Waals surface area contributed by atoms with Gasteiger partial charge >= 0.3 is 5.69 Å². The van der Waals surface area contributed by atoms with Crippen molar-refractivity contribution in [2.24, 2.45) is 0 Å². The van der Waals surface area contributed by atoms with Crippen molar-refractivity contribution in [3.05, 3.63) is 85.6 Å². The van der Waals surface area contributed by atoms with Gasteiger partial charge in [0.15, 0.2) is 10.6 Å². The number of rotatable bonds is 5. The molecule has 3 heterocycles. The highest BCUT2D eigenvalue weighted by molar-refractivity contribution is 7.13. The first-order chi connectivity index (χ1) is 14.4. The summed E-state index contributed by atoms with van der Waals surface area (Å²) in [7, 11) is 0. The summed E-state index contributed by atoms with van der Waals surface area (Å²) in [5.41, 5.74) is 2.10. The van der Waals surface area contributed by atoms with E-state index in [9.17, 15) is 14.4 Å². The molecule has 152 valence electrons. The van der Waals surface area contributed by atoms with E-state index < -0.39 is 17.2 Å². The maximum atomic E-state index is 13.2. The standard InChI is InChI=1S/C21H19N5O3S/c1-13-5-7-15(8-6-13)10-26-19(28)18-16(4-3-9-22-18)25(21(26)29)11-17(27)24-20-23-14(2)12-30-20/h3-9,12H,10-11H2,1-2H3,(H,23,24,27). The average Bonchev–Trinajstić information content (AvgIpc) is 3.14. The van der Waals surface area contributed by atoms with Crippen molar-refractivity contribution in [2.75, 3.05) is 5.32 Å². The van der Waals surface area contributed by atoms with Gasteiger partial charge in [-0.15, -0.1) is 11.3 Å². The minimum Gasteiger partial charge on any atom is -0.300 e. The van der Waals surface area contributed by atoms with Crippen molar-refractivity contribution in [1.82, 2.24) is 19.1 Å². The Hall–Kier alpha value is -3.59. The highest BCUT2D eigenvalue weighted by atomic mass is 32.1. The van der Waals surface area contributed by atoms with Crippen LogP contribution in [-0.4, -0.2) is 25.0 Å². The summed E-state index contributed by atoms with van der Waals surface area (Å²) >= 11 is 1.31. The molecule has 0 aliphatic rings. The maximum Gasteiger partial charge on any atom is 0.332 e. The predicted octanol–water partition coefficient (Wildman–Crippen LogP) is 2.32. The zero-order chi connectivity index (χ0) is 21.3. The Morgan fingerprint density at radius 2 is 1.87 bits per heavy atom. The second kappa shape index (κ2) is 8.03. The second-order valence-corrected chi connectivity index (χ2v) is 7.82. The Balaban J connectivity index is 1.76. The number of hydrogen-bond donors (Lipinski definition) is 1. The fourth-order valence-corrected chi connectivity index (χ4v) is 3.83. The monoisotopic (exact) mass is 421 g/mol. The first-order valence-electron chi connectivity index (χ1n) is 9.28. The third kappa shape index (κ3) is 3.92. The van der Waals surface area contributed by atoms with Gasteiger partial charge in [0.05, 0.1) is 17.8 Å². The number of amides is 1. The number of thiazole rings is 1. The van der Waals surface area contributed by atoms with Crippen LogP contribution >= 0.6 is 11.3 Å². The number of nitrogens with zero attached hydrogens (tertiary/aromatic N) is 4. The summed E-state index contributed by atoms with van der Waals surface area (Å²) in [5, 5.41) is 4.98. The van der Waals surface area contributed by atoms with Crippen LogP contribution in [-0.2, 0) is 17.9 Å². The SMILES string of the molecule is Cc1ccc(Cn2c(=O)c3ncccc3n(CC(=O)Nc3nc(C)cs3)c2=O)cc1. The highest BCUT2D eigenvalue weighted by Crippen LogP contribution is 2.14.